The molecular formula is C22H20N2O3. The van der Waals surface area contributed by atoms with Crippen molar-refractivity contribution < 1.29 is 14.3 Å². The molecule has 1 aliphatic rings. The number of hydrogen-bond acceptors (Lipinski definition) is 4. The summed E-state index contributed by atoms with van der Waals surface area (Å²) in [4.78, 5) is 12.0. The summed E-state index contributed by atoms with van der Waals surface area (Å²) in [6.07, 6.45) is 3.86. The van der Waals surface area contributed by atoms with Crippen molar-refractivity contribution in [2.24, 2.45) is 5.10 Å². The number of amides is 1. The first-order chi connectivity index (χ1) is 13.3. The number of aryl methyl sites for hydroxylation is 2. The third kappa shape index (κ3) is 3.49. The predicted molar refractivity (Wildman–Crippen MR) is 106 cm³/mol. The Balaban J connectivity index is 1.41. The van der Waals surface area contributed by atoms with E-state index in [1.54, 1.807) is 25.5 Å². The molecule has 1 N–H and O–H groups in total. The molecule has 0 radical (unpaired) electrons. The standard InChI is InChI=1S/C22H20N2O3/c1-26-19-7-2-3-8-20(19)27-14-21(25)24-23-13-17-12-11-16-10-9-15-5-4-6-18(17)22(15)16/h2-8,11-13H,9-10,14H2,1H3,(H,24,25)/b23-13-. The highest BCUT2D eigenvalue weighted by atomic mass is 16.5. The van der Waals surface area contributed by atoms with Crippen LogP contribution >= 0.6 is 0 Å². The molecule has 5 nitrogen and oxygen atoms in total. The van der Waals surface area contributed by atoms with Crippen LogP contribution in [-0.4, -0.2) is 25.8 Å². The molecule has 0 bridgehead atoms. The van der Waals surface area contributed by atoms with Gasteiger partial charge in [0.05, 0.1) is 13.3 Å². The Morgan fingerprint density at radius 1 is 1.04 bits per heavy atom. The first-order valence-corrected chi connectivity index (χ1v) is 8.87. The fraction of sp³-hybridized carbons (Fsp3) is 0.182. The van der Waals surface area contributed by atoms with Gasteiger partial charge in [-0.15, -0.1) is 0 Å². The number of hydrazone groups is 1. The normalized spacial score (nSPS) is 12.5. The molecule has 0 heterocycles. The number of carbonyl (C=O) groups excluding carboxylic acids is 1. The summed E-state index contributed by atoms with van der Waals surface area (Å²) in [5.41, 5.74) is 6.27. The molecule has 1 aliphatic carbocycles. The smallest absolute Gasteiger partial charge is 0.277 e. The SMILES string of the molecule is COc1ccccc1OCC(=O)N/N=C\c1ccc2c3c(cccc13)CC2. The summed E-state index contributed by atoms with van der Waals surface area (Å²) in [5, 5.41) is 6.59. The molecule has 136 valence electrons. The first kappa shape index (κ1) is 17.1. The third-order valence-corrected chi connectivity index (χ3v) is 4.73. The second-order valence-electron chi connectivity index (χ2n) is 6.39. The lowest BCUT2D eigenvalue weighted by atomic mass is 10.0. The Morgan fingerprint density at radius 2 is 1.81 bits per heavy atom. The summed E-state index contributed by atoms with van der Waals surface area (Å²) >= 11 is 0. The average Bonchev–Trinajstić information content (AvgIpc) is 3.13. The van der Waals surface area contributed by atoms with Gasteiger partial charge in [-0.1, -0.05) is 42.5 Å². The monoisotopic (exact) mass is 360 g/mol. The van der Waals surface area contributed by atoms with E-state index in [9.17, 15) is 4.79 Å². The van der Waals surface area contributed by atoms with Crippen molar-refractivity contribution >= 4 is 22.9 Å². The zero-order valence-electron chi connectivity index (χ0n) is 15.1. The maximum Gasteiger partial charge on any atom is 0.277 e. The maximum absolute atomic E-state index is 12.0. The second kappa shape index (κ2) is 7.50. The van der Waals surface area contributed by atoms with Crippen molar-refractivity contribution in [2.75, 3.05) is 13.7 Å². The quantitative estimate of drug-likeness (QED) is 0.541. The van der Waals surface area contributed by atoms with Crippen molar-refractivity contribution in [1.82, 2.24) is 5.43 Å². The maximum atomic E-state index is 12.0. The Hall–Kier alpha value is -3.34. The van der Waals surface area contributed by atoms with Crippen LogP contribution in [0.15, 0.2) is 59.7 Å². The molecule has 4 rings (SSSR count). The van der Waals surface area contributed by atoms with Crippen LogP contribution in [0, 0.1) is 0 Å². The lowest BCUT2D eigenvalue weighted by Crippen LogP contribution is -2.24. The number of nitrogens with one attached hydrogen (secondary N) is 1. The van der Waals surface area contributed by atoms with Gasteiger partial charge in [0.15, 0.2) is 18.1 Å². The van der Waals surface area contributed by atoms with Gasteiger partial charge in [0.25, 0.3) is 5.91 Å². The molecule has 0 saturated carbocycles. The first-order valence-electron chi connectivity index (χ1n) is 8.87. The van der Waals surface area contributed by atoms with E-state index in [1.165, 1.54) is 21.9 Å². The van der Waals surface area contributed by atoms with Crippen LogP contribution in [0.2, 0.25) is 0 Å². The minimum Gasteiger partial charge on any atom is -0.493 e. The number of ether oxygens (including phenoxy) is 2. The van der Waals surface area contributed by atoms with Crippen LogP contribution < -0.4 is 14.9 Å². The fourth-order valence-electron chi connectivity index (χ4n) is 3.47. The number of para-hydroxylation sites is 2. The van der Waals surface area contributed by atoms with Crippen LogP contribution in [0.25, 0.3) is 10.8 Å². The summed E-state index contributed by atoms with van der Waals surface area (Å²) < 4.78 is 10.7. The fourth-order valence-corrected chi connectivity index (χ4v) is 3.47. The van der Waals surface area contributed by atoms with E-state index in [1.807, 2.05) is 18.2 Å². The number of methoxy groups -OCH3 is 1. The van der Waals surface area contributed by atoms with E-state index < -0.39 is 0 Å². The molecule has 27 heavy (non-hydrogen) atoms. The van der Waals surface area contributed by atoms with Gasteiger partial charge >= 0.3 is 0 Å². The molecular weight excluding hydrogens is 340 g/mol. The molecule has 1 amide bonds. The highest BCUT2D eigenvalue weighted by Gasteiger charge is 2.15. The van der Waals surface area contributed by atoms with E-state index in [-0.39, 0.29) is 12.5 Å². The van der Waals surface area contributed by atoms with Crippen LogP contribution in [0.4, 0.5) is 0 Å². The highest BCUT2D eigenvalue weighted by Crippen LogP contribution is 2.32. The summed E-state index contributed by atoms with van der Waals surface area (Å²) in [6, 6.07) is 17.7. The number of carbonyl (C=O) groups is 1. The van der Waals surface area contributed by atoms with E-state index in [4.69, 9.17) is 9.47 Å². The molecule has 0 unspecified atom stereocenters. The van der Waals surface area contributed by atoms with Crippen molar-refractivity contribution in [3.05, 3.63) is 71.3 Å². The minimum atomic E-state index is -0.330. The Kier molecular flexibility index (Phi) is 4.75. The van der Waals surface area contributed by atoms with Gasteiger partial charge in [-0.25, -0.2) is 5.43 Å². The van der Waals surface area contributed by atoms with Gasteiger partial charge in [0.1, 0.15) is 0 Å². The van der Waals surface area contributed by atoms with E-state index in [0.717, 1.165) is 18.4 Å². The van der Waals surface area contributed by atoms with Crippen LogP contribution in [0.1, 0.15) is 16.7 Å². The van der Waals surface area contributed by atoms with Gasteiger partial charge in [-0.2, -0.15) is 5.10 Å². The number of nitrogens with zero attached hydrogens (tertiary/aromatic N) is 1. The van der Waals surface area contributed by atoms with Gasteiger partial charge in [0.2, 0.25) is 0 Å². The highest BCUT2D eigenvalue weighted by molar-refractivity contribution is 6.03. The lowest BCUT2D eigenvalue weighted by molar-refractivity contribution is -0.123. The number of rotatable bonds is 6. The molecule has 0 aromatic heterocycles. The van der Waals surface area contributed by atoms with Gasteiger partial charge < -0.3 is 9.47 Å². The predicted octanol–water partition coefficient (Wildman–Crippen LogP) is 3.48. The molecule has 3 aromatic carbocycles. The second-order valence-corrected chi connectivity index (χ2v) is 6.39. The Labute approximate surface area is 157 Å². The molecule has 0 fully saturated rings. The summed E-state index contributed by atoms with van der Waals surface area (Å²) in [5.74, 6) is 0.774. The van der Waals surface area contributed by atoms with Crippen molar-refractivity contribution in [3.63, 3.8) is 0 Å². The molecule has 0 saturated heterocycles. The van der Waals surface area contributed by atoms with E-state index in [0.29, 0.717) is 11.5 Å². The van der Waals surface area contributed by atoms with E-state index in [2.05, 4.69) is 34.8 Å². The molecule has 5 heteroatoms. The number of benzene rings is 3. The average molecular weight is 360 g/mol. The zero-order valence-corrected chi connectivity index (χ0v) is 15.1. The van der Waals surface area contributed by atoms with Crippen molar-refractivity contribution in [3.8, 4) is 11.5 Å². The molecule has 0 spiro atoms. The lowest BCUT2D eigenvalue weighted by Gasteiger charge is -2.09. The van der Waals surface area contributed by atoms with Crippen molar-refractivity contribution in [1.29, 1.82) is 0 Å². The van der Waals surface area contributed by atoms with Gasteiger partial charge in [-0.3, -0.25) is 4.79 Å². The molecule has 3 aromatic rings. The largest absolute Gasteiger partial charge is 0.493 e. The Bertz CT molecular complexity index is 1020. The van der Waals surface area contributed by atoms with Crippen LogP contribution in [0.3, 0.4) is 0 Å². The van der Waals surface area contributed by atoms with Crippen LogP contribution in [0.5, 0.6) is 11.5 Å². The van der Waals surface area contributed by atoms with Gasteiger partial charge in [0, 0.05) is 5.56 Å². The van der Waals surface area contributed by atoms with Crippen molar-refractivity contribution in [2.45, 2.75) is 12.8 Å². The topological polar surface area (TPSA) is 59.9 Å². The van der Waals surface area contributed by atoms with Gasteiger partial charge in [-0.05, 0) is 46.9 Å². The Morgan fingerprint density at radius 3 is 2.63 bits per heavy atom. The molecule has 0 aliphatic heterocycles. The zero-order chi connectivity index (χ0) is 18.6. The summed E-state index contributed by atoms with van der Waals surface area (Å²) in [7, 11) is 1.56. The summed E-state index contributed by atoms with van der Waals surface area (Å²) in [6.45, 7) is -0.137. The number of hydrogen-bond donors (Lipinski definition) is 1. The van der Waals surface area contributed by atoms with E-state index >= 15 is 0 Å². The molecule has 0 atom stereocenters. The third-order valence-electron chi connectivity index (χ3n) is 4.73. The van der Waals surface area contributed by atoms with Crippen LogP contribution in [-0.2, 0) is 17.6 Å². The minimum absolute atomic E-state index is 0.137.